The van der Waals surface area contributed by atoms with Crippen LogP contribution in [0.15, 0.2) is 18.2 Å². The van der Waals surface area contributed by atoms with Gasteiger partial charge in [-0.05, 0) is 31.0 Å². The van der Waals surface area contributed by atoms with E-state index < -0.39 is 6.10 Å². The van der Waals surface area contributed by atoms with E-state index >= 15 is 0 Å². The summed E-state index contributed by atoms with van der Waals surface area (Å²) in [5.74, 6) is 0.377. The number of aliphatic hydroxyl groups is 1. The molecule has 1 aliphatic rings. The second-order valence-electron chi connectivity index (χ2n) is 5.29. The normalized spacial score (nSPS) is 22.4. The van der Waals surface area contributed by atoms with Crippen LogP contribution in [-0.4, -0.2) is 42.2 Å². The van der Waals surface area contributed by atoms with Crippen LogP contribution < -0.4 is 10.5 Å². The number of carbonyl (C=O) groups is 1. The van der Waals surface area contributed by atoms with Crippen LogP contribution >= 0.6 is 0 Å². The largest absolute Gasteiger partial charge is 0.495 e. The Hall–Kier alpha value is -1.75. The second-order valence-corrected chi connectivity index (χ2v) is 5.29. The van der Waals surface area contributed by atoms with Crippen LogP contribution in [-0.2, 0) is 0 Å². The van der Waals surface area contributed by atoms with Crippen molar-refractivity contribution in [1.29, 1.82) is 0 Å². The van der Waals surface area contributed by atoms with Gasteiger partial charge in [0, 0.05) is 12.6 Å². The standard InChI is InChI=1S/C15H22N2O3/c1-17(12-5-3-4-6-13(12)18)15(19)10-7-8-11(16)14(9-10)20-2/h7-9,12-13,18H,3-6,16H2,1-2H3. The van der Waals surface area contributed by atoms with Crippen LogP contribution in [0.25, 0.3) is 0 Å². The van der Waals surface area contributed by atoms with Gasteiger partial charge < -0.3 is 20.5 Å². The summed E-state index contributed by atoms with van der Waals surface area (Å²) in [6, 6.07) is 4.88. The van der Waals surface area contributed by atoms with Gasteiger partial charge in [0.1, 0.15) is 5.75 Å². The molecule has 1 saturated carbocycles. The summed E-state index contributed by atoms with van der Waals surface area (Å²) < 4.78 is 5.14. The predicted molar refractivity (Wildman–Crippen MR) is 77.8 cm³/mol. The molecule has 3 N–H and O–H groups in total. The third kappa shape index (κ3) is 2.88. The molecule has 5 nitrogen and oxygen atoms in total. The second kappa shape index (κ2) is 6.13. The first-order chi connectivity index (χ1) is 9.54. The fourth-order valence-electron chi connectivity index (χ4n) is 2.74. The number of nitrogens with zero attached hydrogens (tertiary/aromatic N) is 1. The lowest BCUT2D eigenvalue weighted by Crippen LogP contribution is -2.46. The summed E-state index contributed by atoms with van der Waals surface area (Å²) in [5.41, 5.74) is 6.78. The van der Waals surface area contributed by atoms with Gasteiger partial charge >= 0.3 is 0 Å². The van der Waals surface area contributed by atoms with Crippen LogP contribution in [0.1, 0.15) is 36.0 Å². The molecule has 0 saturated heterocycles. The molecule has 1 aromatic rings. The third-order valence-corrected chi connectivity index (χ3v) is 3.99. The summed E-state index contributed by atoms with van der Waals surface area (Å²) in [7, 11) is 3.26. The van der Waals surface area contributed by atoms with Crippen LogP contribution in [0.3, 0.4) is 0 Å². The molecule has 1 fully saturated rings. The molecule has 2 rings (SSSR count). The van der Waals surface area contributed by atoms with Crippen LogP contribution in [0.4, 0.5) is 5.69 Å². The number of nitrogen functional groups attached to an aromatic ring is 1. The van der Waals surface area contributed by atoms with Gasteiger partial charge in [0.25, 0.3) is 5.91 Å². The van der Waals surface area contributed by atoms with Gasteiger partial charge in [0.2, 0.25) is 0 Å². The number of aliphatic hydroxyl groups excluding tert-OH is 1. The Morgan fingerprint density at radius 2 is 2.10 bits per heavy atom. The molecule has 0 aromatic heterocycles. The first-order valence-electron chi connectivity index (χ1n) is 6.93. The zero-order valence-corrected chi connectivity index (χ0v) is 12.0. The van der Waals surface area contributed by atoms with Gasteiger partial charge in [-0.15, -0.1) is 0 Å². The molecule has 1 amide bonds. The summed E-state index contributed by atoms with van der Waals surface area (Å²) >= 11 is 0. The van der Waals surface area contributed by atoms with Gasteiger partial charge in [-0.25, -0.2) is 0 Å². The molecule has 2 unspecified atom stereocenters. The molecule has 20 heavy (non-hydrogen) atoms. The van der Waals surface area contributed by atoms with Gasteiger partial charge in [0.15, 0.2) is 0 Å². The Kier molecular flexibility index (Phi) is 4.49. The first-order valence-corrected chi connectivity index (χ1v) is 6.93. The van der Waals surface area contributed by atoms with E-state index in [1.165, 1.54) is 7.11 Å². The fraction of sp³-hybridized carbons (Fsp3) is 0.533. The van der Waals surface area contributed by atoms with Gasteiger partial charge in [0.05, 0.1) is 24.9 Å². The summed E-state index contributed by atoms with van der Waals surface area (Å²) in [5, 5.41) is 10.0. The number of ether oxygens (including phenoxy) is 1. The fourth-order valence-corrected chi connectivity index (χ4v) is 2.74. The van der Waals surface area contributed by atoms with Gasteiger partial charge in [-0.3, -0.25) is 4.79 Å². The van der Waals surface area contributed by atoms with Crippen molar-refractivity contribution in [3.05, 3.63) is 23.8 Å². The van der Waals surface area contributed by atoms with Crippen LogP contribution in [0.2, 0.25) is 0 Å². The molecule has 1 aromatic carbocycles. The minimum atomic E-state index is -0.437. The Balaban J connectivity index is 2.17. The molecule has 0 aliphatic heterocycles. The molecule has 0 radical (unpaired) electrons. The number of likely N-dealkylation sites (N-methyl/N-ethyl adjacent to an activating group) is 1. The average Bonchev–Trinajstić information content (AvgIpc) is 2.47. The maximum absolute atomic E-state index is 12.5. The zero-order chi connectivity index (χ0) is 14.7. The van der Waals surface area contributed by atoms with Gasteiger partial charge in [-0.2, -0.15) is 0 Å². The van der Waals surface area contributed by atoms with E-state index in [2.05, 4.69) is 0 Å². The molecule has 1 aliphatic carbocycles. The predicted octanol–water partition coefficient (Wildman–Crippen LogP) is 1.65. The monoisotopic (exact) mass is 278 g/mol. The Morgan fingerprint density at radius 3 is 2.75 bits per heavy atom. The maximum Gasteiger partial charge on any atom is 0.254 e. The van der Waals surface area contributed by atoms with E-state index in [0.29, 0.717) is 17.0 Å². The maximum atomic E-state index is 12.5. The van der Waals surface area contributed by atoms with Crippen molar-refractivity contribution in [3.63, 3.8) is 0 Å². The smallest absolute Gasteiger partial charge is 0.254 e. The van der Waals surface area contributed by atoms with Crippen molar-refractivity contribution in [2.45, 2.75) is 37.8 Å². The SMILES string of the molecule is COc1cc(C(=O)N(C)C2CCCCC2O)ccc1N. The first kappa shape index (κ1) is 14.7. The van der Waals surface area contributed by atoms with Crippen molar-refractivity contribution < 1.29 is 14.6 Å². The number of nitrogens with two attached hydrogens (primary N) is 1. The molecule has 2 atom stereocenters. The molecule has 0 heterocycles. The van der Waals surface area contributed by atoms with Crippen molar-refractivity contribution >= 4 is 11.6 Å². The number of benzene rings is 1. The van der Waals surface area contributed by atoms with E-state index in [0.717, 1.165) is 25.7 Å². The highest BCUT2D eigenvalue weighted by Gasteiger charge is 2.30. The lowest BCUT2D eigenvalue weighted by molar-refractivity contribution is 0.0268. The number of hydrogen-bond donors (Lipinski definition) is 2. The quantitative estimate of drug-likeness (QED) is 0.824. The zero-order valence-electron chi connectivity index (χ0n) is 12.0. The van der Waals surface area contributed by atoms with E-state index in [4.69, 9.17) is 10.5 Å². The van der Waals surface area contributed by atoms with Crippen molar-refractivity contribution in [3.8, 4) is 5.75 Å². The van der Waals surface area contributed by atoms with Crippen molar-refractivity contribution in [2.75, 3.05) is 19.9 Å². The summed E-state index contributed by atoms with van der Waals surface area (Å²) in [6.45, 7) is 0. The van der Waals surface area contributed by atoms with Crippen LogP contribution in [0.5, 0.6) is 5.75 Å². The molecular formula is C15H22N2O3. The molecular weight excluding hydrogens is 256 g/mol. The summed E-state index contributed by atoms with van der Waals surface area (Å²) in [4.78, 5) is 14.1. The lowest BCUT2D eigenvalue weighted by Gasteiger charge is -2.35. The summed E-state index contributed by atoms with van der Waals surface area (Å²) in [6.07, 6.45) is 3.23. The third-order valence-electron chi connectivity index (χ3n) is 3.99. The topological polar surface area (TPSA) is 75.8 Å². The van der Waals surface area contributed by atoms with E-state index in [9.17, 15) is 9.90 Å². The number of amides is 1. The molecule has 0 spiro atoms. The number of carbonyl (C=O) groups excluding carboxylic acids is 1. The van der Waals surface area contributed by atoms with E-state index in [1.807, 2.05) is 0 Å². The lowest BCUT2D eigenvalue weighted by atomic mass is 9.91. The highest BCUT2D eigenvalue weighted by molar-refractivity contribution is 5.95. The molecule has 110 valence electrons. The highest BCUT2D eigenvalue weighted by atomic mass is 16.5. The highest BCUT2D eigenvalue weighted by Crippen LogP contribution is 2.26. The number of anilines is 1. The number of methoxy groups -OCH3 is 1. The van der Waals surface area contributed by atoms with E-state index in [1.54, 1.807) is 30.1 Å². The Labute approximate surface area is 119 Å². The van der Waals surface area contributed by atoms with E-state index in [-0.39, 0.29) is 11.9 Å². The van der Waals surface area contributed by atoms with Gasteiger partial charge in [-0.1, -0.05) is 12.8 Å². The van der Waals surface area contributed by atoms with Crippen molar-refractivity contribution in [1.82, 2.24) is 4.90 Å². The Bertz CT molecular complexity index is 490. The molecule has 0 bridgehead atoms. The number of rotatable bonds is 3. The minimum Gasteiger partial charge on any atom is -0.495 e. The average molecular weight is 278 g/mol. The van der Waals surface area contributed by atoms with Crippen LogP contribution in [0, 0.1) is 0 Å². The Morgan fingerprint density at radius 1 is 1.40 bits per heavy atom. The minimum absolute atomic E-state index is 0.111. The van der Waals surface area contributed by atoms with Crippen molar-refractivity contribution in [2.24, 2.45) is 0 Å². The number of hydrogen-bond acceptors (Lipinski definition) is 4. The molecule has 5 heteroatoms.